The fourth-order valence-electron chi connectivity index (χ4n) is 4.97. The van der Waals surface area contributed by atoms with Crippen molar-refractivity contribution in [2.45, 2.75) is 19.5 Å². The van der Waals surface area contributed by atoms with Crippen molar-refractivity contribution >= 4 is 23.0 Å². The van der Waals surface area contributed by atoms with Crippen LogP contribution in [0.4, 0.5) is 5.95 Å². The minimum Gasteiger partial charge on any atom is -0.497 e. The lowest BCUT2D eigenvalue weighted by Crippen LogP contribution is -2.51. The largest absolute Gasteiger partial charge is 0.497 e. The molecule has 11 nitrogen and oxygen atoms in total. The standard InChI is InChI=1S/C24H31N7O4/c1-26-21-20(22(33)27(2)24(26)34)31-10-4-9-30(23(31)25-21)16-19(32)29-13-11-28(12-14-29)15-17-5-7-18(35-3)8-6-17/h5-8H,4,9-16H2,1-3H3. The van der Waals surface area contributed by atoms with Crippen molar-refractivity contribution in [2.75, 3.05) is 51.3 Å². The summed E-state index contributed by atoms with van der Waals surface area (Å²) in [6, 6.07) is 8.08. The Hall–Kier alpha value is -3.60. The number of nitrogens with zero attached hydrogens (tertiary/aromatic N) is 7. The van der Waals surface area contributed by atoms with E-state index < -0.39 is 5.69 Å². The normalized spacial score (nSPS) is 16.5. The average molecular weight is 482 g/mol. The van der Waals surface area contributed by atoms with E-state index in [9.17, 15) is 14.4 Å². The highest BCUT2D eigenvalue weighted by molar-refractivity contribution is 5.82. The molecular formula is C24H31N7O4. The molecule has 0 N–H and O–H groups in total. The van der Waals surface area contributed by atoms with Gasteiger partial charge in [0.05, 0.1) is 13.7 Å². The number of imidazole rings is 1. The molecule has 0 saturated carbocycles. The van der Waals surface area contributed by atoms with Crippen molar-refractivity contribution in [3.8, 4) is 5.75 Å². The molecule has 3 aromatic rings. The molecule has 35 heavy (non-hydrogen) atoms. The molecule has 0 spiro atoms. The van der Waals surface area contributed by atoms with Gasteiger partial charge in [-0.2, -0.15) is 4.98 Å². The molecule has 11 heteroatoms. The maximum Gasteiger partial charge on any atom is 0.332 e. The first kappa shape index (κ1) is 23.2. The Morgan fingerprint density at radius 1 is 0.971 bits per heavy atom. The predicted molar refractivity (Wildman–Crippen MR) is 132 cm³/mol. The quantitative estimate of drug-likeness (QED) is 0.506. The van der Waals surface area contributed by atoms with Crippen molar-refractivity contribution in [1.29, 1.82) is 0 Å². The Morgan fingerprint density at radius 2 is 1.69 bits per heavy atom. The lowest BCUT2D eigenvalue weighted by molar-refractivity contribution is -0.131. The van der Waals surface area contributed by atoms with Gasteiger partial charge in [0.25, 0.3) is 5.56 Å². The van der Waals surface area contributed by atoms with Crippen molar-refractivity contribution < 1.29 is 9.53 Å². The Kier molecular flexibility index (Phi) is 6.10. The summed E-state index contributed by atoms with van der Waals surface area (Å²) in [4.78, 5) is 49.1. The summed E-state index contributed by atoms with van der Waals surface area (Å²) >= 11 is 0. The summed E-state index contributed by atoms with van der Waals surface area (Å²) in [5.74, 6) is 1.48. The van der Waals surface area contributed by atoms with Gasteiger partial charge < -0.3 is 19.1 Å². The second-order valence-corrected chi connectivity index (χ2v) is 9.22. The molecule has 186 valence electrons. The fourth-order valence-corrected chi connectivity index (χ4v) is 4.97. The Bertz CT molecular complexity index is 1360. The van der Waals surface area contributed by atoms with Crippen molar-refractivity contribution in [2.24, 2.45) is 14.1 Å². The third-order valence-corrected chi connectivity index (χ3v) is 7.04. The predicted octanol–water partition coefficient (Wildman–Crippen LogP) is -0.00320. The van der Waals surface area contributed by atoms with Crippen LogP contribution in [0.25, 0.3) is 11.2 Å². The van der Waals surface area contributed by atoms with E-state index in [1.807, 2.05) is 26.5 Å². The molecule has 4 heterocycles. The SMILES string of the molecule is COc1ccc(CN2CCN(C(=O)CN3CCCn4c3nc3c4c(=O)n(C)c(=O)n3C)CC2)cc1. The number of carbonyl (C=O) groups is 1. The van der Waals surface area contributed by atoms with E-state index in [0.717, 1.165) is 36.4 Å². The number of carbonyl (C=O) groups excluding carboxylic acids is 1. The van der Waals surface area contributed by atoms with Crippen molar-refractivity contribution in [3.05, 3.63) is 50.7 Å². The molecule has 0 bridgehead atoms. The first-order valence-corrected chi connectivity index (χ1v) is 11.9. The van der Waals surface area contributed by atoms with Crippen LogP contribution in [0.2, 0.25) is 0 Å². The Morgan fingerprint density at radius 3 is 2.37 bits per heavy atom. The van der Waals surface area contributed by atoms with Gasteiger partial charge in [0, 0.05) is 59.9 Å². The van der Waals surface area contributed by atoms with Gasteiger partial charge in [-0.3, -0.25) is 23.6 Å². The Labute approximate surface area is 202 Å². The van der Waals surface area contributed by atoms with Gasteiger partial charge in [-0.05, 0) is 24.1 Å². The number of fused-ring (bicyclic) bond motifs is 3. The summed E-state index contributed by atoms with van der Waals surface area (Å²) in [6.45, 7) is 5.34. The molecule has 1 aromatic carbocycles. The molecule has 1 amide bonds. The molecule has 5 rings (SSSR count). The highest BCUT2D eigenvalue weighted by atomic mass is 16.5. The molecule has 0 unspecified atom stereocenters. The monoisotopic (exact) mass is 481 g/mol. The molecule has 1 saturated heterocycles. The zero-order valence-electron chi connectivity index (χ0n) is 20.4. The van der Waals surface area contributed by atoms with Gasteiger partial charge in [-0.25, -0.2) is 4.79 Å². The summed E-state index contributed by atoms with van der Waals surface area (Å²) in [7, 11) is 4.75. The topological polar surface area (TPSA) is 97.8 Å². The van der Waals surface area contributed by atoms with Gasteiger partial charge in [-0.15, -0.1) is 0 Å². The number of ether oxygens (including phenoxy) is 1. The summed E-state index contributed by atoms with van der Waals surface area (Å²) < 4.78 is 9.57. The van der Waals surface area contributed by atoms with Crippen molar-refractivity contribution in [1.82, 2.24) is 28.5 Å². The van der Waals surface area contributed by atoms with Crippen LogP contribution in [0.5, 0.6) is 5.75 Å². The minimum atomic E-state index is -0.409. The lowest BCUT2D eigenvalue weighted by Gasteiger charge is -2.36. The Balaban J connectivity index is 1.26. The van der Waals surface area contributed by atoms with Crippen LogP contribution >= 0.6 is 0 Å². The molecule has 2 aliphatic heterocycles. The number of rotatable bonds is 5. The van der Waals surface area contributed by atoms with Crippen LogP contribution in [-0.4, -0.2) is 80.8 Å². The minimum absolute atomic E-state index is 0.0522. The highest BCUT2D eigenvalue weighted by Crippen LogP contribution is 2.24. The maximum atomic E-state index is 13.2. The van der Waals surface area contributed by atoms with E-state index in [0.29, 0.717) is 43.3 Å². The first-order valence-electron chi connectivity index (χ1n) is 11.9. The van der Waals surface area contributed by atoms with Gasteiger partial charge in [0.2, 0.25) is 11.9 Å². The smallest absolute Gasteiger partial charge is 0.332 e. The van der Waals surface area contributed by atoms with E-state index in [1.54, 1.807) is 14.2 Å². The molecule has 0 atom stereocenters. The second kappa shape index (κ2) is 9.21. The number of piperazine rings is 1. The number of anilines is 1. The molecule has 0 aliphatic carbocycles. The van der Waals surface area contributed by atoms with Crippen LogP contribution in [0.3, 0.4) is 0 Å². The van der Waals surface area contributed by atoms with Crippen LogP contribution in [0.15, 0.2) is 33.9 Å². The molecule has 2 aromatic heterocycles. The van der Waals surface area contributed by atoms with E-state index >= 15 is 0 Å². The van der Waals surface area contributed by atoms with Crippen molar-refractivity contribution in [3.63, 3.8) is 0 Å². The van der Waals surface area contributed by atoms with E-state index in [2.05, 4.69) is 22.0 Å². The van der Waals surface area contributed by atoms with Gasteiger partial charge in [-0.1, -0.05) is 12.1 Å². The number of methoxy groups -OCH3 is 1. The maximum absolute atomic E-state index is 13.2. The zero-order chi connectivity index (χ0) is 24.7. The van der Waals surface area contributed by atoms with Crippen LogP contribution in [0.1, 0.15) is 12.0 Å². The third-order valence-electron chi connectivity index (χ3n) is 7.04. The zero-order valence-corrected chi connectivity index (χ0v) is 20.4. The molecular weight excluding hydrogens is 450 g/mol. The lowest BCUT2D eigenvalue weighted by atomic mass is 10.2. The first-order chi connectivity index (χ1) is 16.9. The number of aryl methyl sites for hydroxylation is 2. The van der Waals surface area contributed by atoms with Gasteiger partial charge >= 0.3 is 5.69 Å². The van der Waals surface area contributed by atoms with E-state index in [4.69, 9.17) is 4.74 Å². The number of amides is 1. The third kappa shape index (κ3) is 4.20. The number of hydrogen-bond donors (Lipinski definition) is 0. The summed E-state index contributed by atoms with van der Waals surface area (Å²) in [5.41, 5.74) is 1.22. The molecule has 1 fully saturated rings. The van der Waals surface area contributed by atoms with Crippen LogP contribution < -0.4 is 20.9 Å². The molecule has 2 aliphatic rings. The number of hydrogen-bond acceptors (Lipinski definition) is 7. The summed E-state index contributed by atoms with van der Waals surface area (Å²) in [5, 5.41) is 0. The fraction of sp³-hybridized carbons (Fsp3) is 0.500. The van der Waals surface area contributed by atoms with E-state index in [-0.39, 0.29) is 18.0 Å². The number of benzene rings is 1. The van der Waals surface area contributed by atoms with Crippen LogP contribution in [0, 0.1) is 0 Å². The number of aromatic nitrogens is 4. The highest BCUT2D eigenvalue weighted by Gasteiger charge is 2.29. The van der Waals surface area contributed by atoms with Crippen LogP contribution in [-0.2, 0) is 32.0 Å². The molecule has 0 radical (unpaired) electrons. The summed E-state index contributed by atoms with van der Waals surface area (Å²) in [6.07, 6.45) is 0.799. The van der Waals surface area contributed by atoms with Gasteiger partial charge in [0.1, 0.15) is 5.75 Å². The van der Waals surface area contributed by atoms with Gasteiger partial charge in [0.15, 0.2) is 11.2 Å². The van der Waals surface area contributed by atoms with E-state index in [1.165, 1.54) is 17.2 Å². The average Bonchev–Trinajstić information content (AvgIpc) is 3.28. The second-order valence-electron chi connectivity index (χ2n) is 9.22.